The molecule has 13 heavy (non-hydrogen) atoms. The van der Waals surface area contributed by atoms with Gasteiger partial charge in [-0.15, -0.1) is 11.3 Å². The molecule has 0 radical (unpaired) electrons. The lowest BCUT2D eigenvalue weighted by atomic mass is 10.1. The first-order valence-corrected chi connectivity index (χ1v) is 5.50. The maximum absolute atomic E-state index is 2.36. The summed E-state index contributed by atoms with van der Waals surface area (Å²) in [5.74, 6) is 0. The number of hydrogen-bond acceptors (Lipinski definition) is 2. The molecule has 2 heteroatoms. The molecule has 1 aromatic rings. The zero-order valence-electron chi connectivity index (χ0n) is 9.43. The first-order chi connectivity index (χ1) is 5.84. The van der Waals surface area contributed by atoms with Crippen LogP contribution in [0.25, 0.3) is 0 Å². The minimum Gasteiger partial charge on any atom is -0.369 e. The molecule has 1 aromatic heterocycles. The zero-order chi connectivity index (χ0) is 10.2. The van der Waals surface area contributed by atoms with Crippen LogP contribution in [0, 0.1) is 13.8 Å². The van der Waals surface area contributed by atoms with E-state index in [0.29, 0.717) is 0 Å². The second kappa shape index (κ2) is 3.33. The van der Waals surface area contributed by atoms with Gasteiger partial charge in [0, 0.05) is 17.5 Å². The number of rotatable bonds is 1. The van der Waals surface area contributed by atoms with E-state index in [0.717, 1.165) is 0 Å². The summed E-state index contributed by atoms with van der Waals surface area (Å²) in [4.78, 5) is 3.77. The number of hydrogen-bond donors (Lipinski definition) is 0. The van der Waals surface area contributed by atoms with E-state index in [-0.39, 0.29) is 5.54 Å². The van der Waals surface area contributed by atoms with Gasteiger partial charge in [0.2, 0.25) is 0 Å². The molecule has 0 aliphatic heterocycles. The average Bonchev–Trinajstić information content (AvgIpc) is 2.28. The van der Waals surface area contributed by atoms with Gasteiger partial charge < -0.3 is 4.90 Å². The molecule has 0 N–H and O–H groups in total. The molecule has 0 saturated heterocycles. The van der Waals surface area contributed by atoms with Gasteiger partial charge in [0.05, 0.1) is 5.69 Å². The molecule has 0 amide bonds. The molecule has 0 atom stereocenters. The van der Waals surface area contributed by atoms with E-state index >= 15 is 0 Å². The summed E-state index contributed by atoms with van der Waals surface area (Å²) in [5.41, 5.74) is 2.99. The van der Waals surface area contributed by atoms with Crippen molar-refractivity contribution in [2.75, 3.05) is 11.9 Å². The van der Waals surface area contributed by atoms with Gasteiger partial charge in [-0.25, -0.2) is 0 Å². The Morgan fingerprint density at radius 2 is 1.77 bits per heavy atom. The monoisotopic (exact) mass is 197 g/mol. The third-order valence-electron chi connectivity index (χ3n) is 2.46. The first kappa shape index (κ1) is 10.6. The Morgan fingerprint density at radius 1 is 1.23 bits per heavy atom. The van der Waals surface area contributed by atoms with Gasteiger partial charge in [0.1, 0.15) is 0 Å². The third kappa shape index (κ3) is 2.05. The largest absolute Gasteiger partial charge is 0.369 e. The van der Waals surface area contributed by atoms with Crippen LogP contribution in [0.2, 0.25) is 0 Å². The minimum absolute atomic E-state index is 0.205. The molecule has 74 valence electrons. The molecular formula is C11H19NS. The lowest BCUT2D eigenvalue weighted by Gasteiger charge is -2.34. The molecule has 0 aliphatic rings. The second-order valence-corrected chi connectivity index (χ2v) is 5.64. The van der Waals surface area contributed by atoms with Gasteiger partial charge in [-0.1, -0.05) is 0 Å². The predicted octanol–water partition coefficient (Wildman–Crippen LogP) is 3.60. The highest BCUT2D eigenvalue weighted by Crippen LogP contribution is 2.33. The Kier molecular flexibility index (Phi) is 2.71. The van der Waals surface area contributed by atoms with Crippen molar-refractivity contribution in [3.63, 3.8) is 0 Å². The molecule has 0 spiro atoms. The summed E-state index contributed by atoms with van der Waals surface area (Å²) < 4.78 is 0. The zero-order valence-corrected chi connectivity index (χ0v) is 10.2. The number of aryl methyl sites for hydroxylation is 2. The fourth-order valence-electron chi connectivity index (χ4n) is 1.40. The van der Waals surface area contributed by atoms with Gasteiger partial charge in [0.15, 0.2) is 0 Å². The molecule has 1 nitrogen and oxygen atoms in total. The summed E-state index contributed by atoms with van der Waals surface area (Å²) in [6.07, 6.45) is 0. The van der Waals surface area contributed by atoms with Crippen molar-refractivity contribution in [1.29, 1.82) is 0 Å². The van der Waals surface area contributed by atoms with Crippen LogP contribution in [-0.4, -0.2) is 12.6 Å². The summed E-state index contributed by atoms with van der Waals surface area (Å²) in [7, 11) is 2.17. The third-order valence-corrected chi connectivity index (χ3v) is 3.48. The Morgan fingerprint density at radius 3 is 2.08 bits per heavy atom. The van der Waals surface area contributed by atoms with Crippen LogP contribution >= 0.6 is 11.3 Å². The molecule has 1 heterocycles. The lowest BCUT2D eigenvalue weighted by molar-refractivity contribution is 0.537. The van der Waals surface area contributed by atoms with Crippen molar-refractivity contribution in [1.82, 2.24) is 0 Å². The molecule has 0 aliphatic carbocycles. The van der Waals surface area contributed by atoms with E-state index in [4.69, 9.17) is 0 Å². The molecule has 0 fully saturated rings. The van der Waals surface area contributed by atoms with E-state index in [1.165, 1.54) is 16.1 Å². The number of nitrogens with zero attached hydrogens (tertiary/aromatic N) is 1. The van der Waals surface area contributed by atoms with E-state index in [2.05, 4.69) is 51.9 Å². The average molecular weight is 197 g/mol. The number of thiophene rings is 1. The Balaban J connectivity index is 3.08. The van der Waals surface area contributed by atoms with Gasteiger partial charge in [-0.2, -0.15) is 0 Å². The molecule has 0 bridgehead atoms. The quantitative estimate of drug-likeness (QED) is 0.665. The van der Waals surface area contributed by atoms with Crippen molar-refractivity contribution >= 4 is 17.0 Å². The first-order valence-electron chi connectivity index (χ1n) is 4.62. The van der Waals surface area contributed by atoms with Gasteiger partial charge >= 0.3 is 0 Å². The molecule has 0 aromatic carbocycles. The normalized spacial score (nSPS) is 11.8. The van der Waals surface area contributed by atoms with Crippen LogP contribution in [0.1, 0.15) is 31.2 Å². The molecule has 0 unspecified atom stereocenters. The van der Waals surface area contributed by atoms with Crippen LogP contribution in [-0.2, 0) is 0 Å². The van der Waals surface area contributed by atoms with E-state index in [1.54, 1.807) is 0 Å². The molecular weight excluding hydrogens is 178 g/mol. The van der Waals surface area contributed by atoms with E-state index < -0.39 is 0 Å². The van der Waals surface area contributed by atoms with Crippen molar-refractivity contribution in [3.05, 3.63) is 15.8 Å². The van der Waals surface area contributed by atoms with Crippen molar-refractivity contribution in [3.8, 4) is 0 Å². The Bertz CT molecular complexity index is 274. The number of anilines is 1. The maximum atomic E-state index is 2.36. The van der Waals surface area contributed by atoms with Crippen LogP contribution in [0.3, 0.4) is 0 Å². The van der Waals surface area contributed by atoms with Crippen LogP contribution < -0.4 is 4.90 Å². The highest BCUT2D eigenvalue weighted by atomic mass is 32.1. The molecule has 1 rings (SSSR count). The summed E-state index contributed by atoms with van der Waals surface area (Å²) in [6.45, 7) is 11.1. The van der Waals surface area contributed by atoms with Crippen LogP contribution in [0.15, 0.2) is 5.38 Å². The Labute approximate surface area is 85.4 Å². The maximum Gasteiger partial charge on any atom is 0.0536 e. The highest BCUT2D eigenvalue weighted by molar-refractivity contribution is 7.10. The second-order valence-electron chi connectivity index (χ2n) is 4.55. The SMILES string of the molecule is Cc1csc(C)c1N(C)C(C)(C)C. The standard InChI is InChI=1S/C11H19NS/c1-8-7-13-9(2)10(8)12(6)11(3,4)5/h7H,1-6H3. The van der Waals surface area contributed by atoms with E-state index in [1.807, 2.05) is 11.3 Å². The molecule has 0 saturated carbocycles. The lowest BCUT2D eigenvalue weighted by Crippen LogP contribution is -2.38. The predicted molar refractivity (Wildman–Crippen MR) is 61.9 cm³/mol. The fraction of sp³-hybridized carbons (Fsp3) is 0.636. The highest BCUT2D eigenvalue weighted by Gasteiger charge is 2.21. The van der Waals surface area contributed by atoms with E-state index in [9.17, 15) is 0 Å². The summed E-state index contributed by atoms with van der Waals surface area (Å²) >= 11 is 1.83. The van der Waals surface area contributed by atoms with Crippen LogP contribution in [0.4, 0.5) is 5.69 Å². The van der Waals surface area contributed by atoms with Gasteiger partial charge in [0.25, 0.3) is 0 Å². The van der Waals surface area contributed by atoms with Gasteiger partial charge in [-0.3, -0.25) is 0 Å². The summed E-state index contributed by atoms with van der Waals surface area (Å²) in [5, 5.41) is 2.23. The fourth-order valence-corrected chi connectivity index (χ4v) is 2.28. The summed E-state index contributed by atoms with van der Waals surface area (Å²) in [6, 6.07) is 0. The topological polar surface area (TPSA) is 3.24 Å². The minimum atomic E-state index is 0.205. The van der Waals surface area contributed by atoms with Crippen molar-refractivity contribution < 1.29 is 0 Å². The van der Waals surface area contributed by atoms with Crippen molar-refractivity contribution in [2.24, 2.45) is 0 Å². The van der Waals surface area contributed by atoms with Crippen molar-refractivity contribution in [2.45, 2.75) is 40.2 Å². The van der Waals surface area contributed by atoms with Gasteiger partial charge in [-0.05, 0) is 45.6 Å². The smallest absolute Gasteiger partial charge is 0.0536 e. The Hall–Kier alpha value is -0.500. The van der Waals surface area contributed by atoms with Crippen LogP contribution in [0.5, 0.6) is 0 Å².